The molecule has 1 aromatic heterocycles. The minimum absolute atomic E-state index is 0.0580. The van der Waals surface area contributed by atoms with Crippen LogP contribution in [0, 0.1) is 0 Å². The lowest BCUT2D eigenvalue weighted by Crippen LogP contribution is -2.44. The maximum atomic E-state index is 11.1. The summed E-state index contributed by atoms with van der Waals surface area (Å²) in [5.74, 6) is -0.731. The summed E-state index contributed by atoms with van der Waals surface area (Å²) in [4.78, 5) is 15.8. The number of aromatic carboxylic acids is 1. The number of hydrogen-bond acceptors (Lipinski definition) is 6. The smallest absolute Gasteiger partial charge is 0.359 e. The molecule has 0 radical (unpaired) electrons. The van der Waals surface area contributed by atoms with Crippen LogP contribution in [0.4, 0.5) is 5.69 Å². The van der Waals surface area contributed by atoms with Gasteiger partial charge in [0.05, 0.1) is 0 Å². The van der Waals surface area contributed by atoms with Gasteiger partial charge in [-0.1, -0.05) is 34.6 Å². The molecule has 3 aromatic rings. The number of hydrogen-bond donors (Lipinski definition) is 2. The SMILES string of the molecule is CN1CCN(c2cccc(-c3ccc(Oc4nn[nH]c4C(=O)O)cc3)c2)CC1. The summed E-state index contributed by atoms with van der Waals surface area (Å²) in [6, 6.07) is 16.0. The van der Waals surface area contributed by atoms with Gasteiger partial charge in [0.25, 0.3) is 5.88 Å². The Kier molecular flexibility index (Phi) is 4.94. The van der Waals surface area contributed by atoms with Gasteiger partial charge >= 0.3 is 5.97 Å². The van der Waals surface area contributed by atoms with Crippen LogP contribution in [0.2, 0.25) is 0 Å². The predicted molar refractivity (Wildman–Crippen MR) is 105 cm³/mol. The summed E-state index contributed by atoms with van der Waals surface area (Å²) in [6.45, 7) is 4.18. The fourth-order valence-corrected chi connectivity index (χ4v) is 3.20. The second-order valence-electron chi connectivity index (χ2n) is 6.76. The molecule has 2 heterocycles. The molecule has 2 aromatic carbocycles. The zero-order valence-electron chi connectivity index (χ0n) is 15.5. The number of piperazine rings is 1. The monoisotopic (exact) mass is 379 g/mol. The molecule has 1 fully saturated rings. The predicted octanol–water partition coefficient (Wildman–Crippen LogP) is 2.71. The van der Waals surface area contributed by atoms with Crippen molar-refractivity contribution in [1.82, 2.24) is 20.3 Å². The van der Waals surface area contributed by atoms with Crippen LogP contribution in [0.15, 0.2) is 48.5 Å². The molecule has 2 N–H and O–H groups in total. The van der Waals surface area contributed by atoms with Gasteiger partial charge in [0.2, 0.25) is 5.69 Å². The third kappa shape index (κ3) is 3.81. The first-order chi connectivity index (χ1) is 13.6. The summed E-state index contributed by atoms with van der Waals surface area (Å²) in [7, 11) is 2.15. The Morgan fingerprint density at radius 1 is 1.07 bits per heavy atom. The van der Waals surface area contributed by atoms with Gasteiger partial charge in [-0.25, -0.2) is 9.89 Å². The molecule has 8 nitrogen and oxygen atoms in total. The lowest BCUT2D eigenvalue weighted by molar-refractivity contribution is 0.0687. The Bertz CT molecular complexity index is 962. The Morgan fingerprint density at radius 2 is 1.82 bits per heavy atom. The maximum absolute atomic E-state index is 11.1. The fraction of sp³-hybridized carbons (Fsp3) is 0.250. The lowest BCUT2D eigenvalue weighted by atomic mass is 10.0. The highest BCUT2D eigenvalue weighted by atomic mass is 16.5. The van der Waals surface area contributed by atoms with Gasteiger partial charge in [0.1, 0.15) is 5.75 Å². The van der Waals surface area contributed by atoms with Crippen molar-refractivity contribution in [1.29, 1.82) is 0 Å². The average molecular weight is 379 g/mol. The molecule has 0 amide bonds. The number of carbonyl (C=O) groups is 1. The van der Waals surface area contributed by atoms with Crippen molar-refractivity contribution in [2.75, 3.05) is 38.1 Å². The van der Waals surface area contributed by atoms with E-state index in [1.807, 2.05) is 12.1 Å². The fourth-order valence-electron chi connectivity index (χ4n) is 3.20. The second kappa shape index (κ2) is 7.69. The van der Waals surface area contributed by atoms with Gasteiger partial charge < -0.3 is 19.6 Å². The molecule has 0 atom stereocenters. The zero-order valence-corrected chi connectivity index (χ0v) is 15.5. The number of anilines is 1. The minimum Gasteiger partial charge on any atom is -0.476 e. The van der Waals surface area contributed by atoms with Crippen molar-refractivity contribution in [3.63, 3.8) is 0 Å². The molecule has 28 heavy (non-hydrogen) atoms. The van der Waals surface area contributed by atoms with E-state index in [0.29, 0.717) is 5.75 Å². The molecule has 0 spiro atoms. The van der Waals surface area contributed by atoms with Gasteiger partial charge in [-0.15, -0.1) is 0 Å². The molecule has 1 aliphatic heterocycles. The molecule has 4 rings (SSSR count). The van der Waals surface area contributed by atoms with Crippen LogP contribution < -0.4 is 9.64 Å². The zero-order chi connectivity index (χ0) is 19.5. The first kappa shape index (κ1) is 18.0. The number of likely N-dealkylation sites (N-methyl/N-ethyl adjacent to an activating group) is 1. The Labute approximate surface area is 162 Å². The Balaban J connectivity index is 1.50. The highest BCUT2D eigenvalue weighted by Crippen LogP contribution is 2.28. The standard InChI is InChI=1S/C20H21N5O3/c1-24-9-11-25(12-10-24)16-4-2-3-15(13-16)14-5-7-17(8-6-14)28-19-18(20(26)27)21-23-22-19/h2-8,13H,9-12H2,1H3,(H,26,27)(H,21,22,23). The number of aromatic amines is 1. The van der Waals surface area contributed by atoms with Crippen LogP contribution in [0.3, 0.4) is 0 Å². The quantitative estimate of drug-likeness (QED) is 0.704. The van der Waals surface area contributed by atoms with Gasteiger partial charge in [-0.05, 0) is 42.4 Å². The summed E-state index contributed by atoms with van der Waals surface area (Å²) >= 11 is 0. The van der Waals surface area contributed by atoms with E-state index in [4.69, 9.17) is 9.84 Å². The van der Waals surface area contributed by atoms with Gasteiger partial charge in [-0.3, -0.25) is 0 Å². The molecule has 0 aliphatic carbocycles. The van der Waals surface area contributed by atoms with E-state index in [1.165, 1.54) is 5.69 Å². The number of benzene rings is 2. The van der Waals surface area contributed by atoms with Crippen molar-refractivity contribution in [2.24, 2.45) is 0 Å². The summed E-state index contributed by atoms with van der Waals surface area (Å²) in [5, 5.41) is 18.5. The highest BCUT2D eigenvalue weighted by Gasteiger charge is 2.17. The number of ether oxygens (including phenoxy) is 1. The molecule has 0 unspecified atom stereocenters. The van der Waals surface area contributed by atoms with Crippen molar-refractivity contribution in [3.05, 3.63) is 54.2 Å². The largest absolute Gasteiger partial charge is 0.476 e. The van der Waals surface area contributed by atoms with Crippen LogP contribution in [0.5, 0.6) is 11.6 Å². The minimum atomic E-state index is -1.17. The summed E-state index contributed by atoms with van der Waals surface area (Å²) < 4.78 is 5.53. The molecular weight excluding hydrogens is 358 g/mol. The number of rotatable bonds is 5. The maximum Gasteiger partial charge on any atom is 0.359 e. The number of nitrogens with zero attached hydrogens (tertiary/aromatic N) is 4. The van der Waals surface area contributed by atoms with Gasteiger partial charge in [0, 0.05) is 31.9 Å². The van der Waals surface area contributed by atoms with Crippen LogP contribution in [-0.2, 0) is 0 Å². The van der Waals surface area contributed by atoms with E-state index in [2.05, 4.69) is 56.5 Å². The Hall–Kier alpha value is -3.39. The van der Waals surface area contributed by atoms with E-state index in [9.17, 15) is 4.79 Å². The van der Waals surface area contributed by atoms with E-state index >= 15 is 0 Å². The normalized spacial score (nSPS) is 14.8. The van der Waals surface area contributed by atoms with E-state index in [-0.39, 0.29) is 11.6 Å². The molecule has 1 aliphatic rings. The highest BCUT2D eigenvalue weighted by molar-refractivity contribution is 5.87. The van der Waals surface area contributed by atoms with Crippen LogP contribution >= 0.6 is 0 Å². The third-order valence-corrected chi connectivity index (χ3v) is 4.85. The third-order valence-electron chi connectivity index (χ3n) is 4.85. The first-order valence-corrected chi connectivity index (χ1v) is 9.06. The molecule has 0 bridgehead atoms. The number of carboxylic acids is 1. The number of carboxylic acid groups (broad SMARTS) is 1. The topological polar surface area (TPSA) is 94.6 Å². The second-order valence-corrected chi connectivity index (χ2v) is 6.76. The van der Waals surface area contributed by atoms with Crippen molar-refractivity contribution in [2.45, 2.75) is 0 Å². The molecule has 144 valence electrons. The van der Waals surface area contributed by atoms with Crippen LogP contribution in [-0.4, -0.2) is 64.6 Å². The van der Waals surface area contributed by atoms with E-state index in [0.717, 1.165) is 37.3 Å². The van der Waals surface area contributed by atoms with E-state index in [1.54, 1.807) is 12.1 Å². The number of nitrogens with one attached hydrogen (secondary N) is 1. The van der Waals surface area contributed by atoms with E-state index < -0.39 is 5.97 Å². The average Bonchev–Trinajstić information content (AvgIpc) is 3.18. The van der Waals surface area contributed by atoms with Crippen molar-refractivity contribution >= 4 is 11.7 Å². The molecule has 1 saturated heterocycles. The van der Waals surface area contributed by atoms with Gasteiger partial charge in [-0.2, -0.15) is 0 Å². The first-order valence-electron chi connectivity index (χ1n) is 9.06. The van der Waals surface area contributed by atoms with Crippen molar-refractivity contribution < 1.29 is 14.6 Å². The van der Waals surface area contributed by atoms with Crippen molar-refractivity contribution in [3.8, 4) is 22.8 Å². The molecule has 0 saturated carbocycles. The number of H-pyrrole nitrogens is 1. The molecule has 8 heteroatoms. The molecular formula is C20H21N5O3. The van der Waals surface area contributed by atoms with Crippen LogP contribution in [0.1, 0.15) is 10.5 Å². The Morgan fingerprint density at radius 3 is 2.54 bits per heavy atom. The summed E-state index contributed by atoms with van der Waals surface area (Å²) in [5.41, 5.74) is 3.22. The summed E-state index contributed by atoms with van der Waals surface area (Å²) in [6.07, 6.45) is 0. The van der Waals surface area contributed by atoms with Gasteiger partial charge in [0.15, 0.2) is 0 Å². The number of aromatic nitrogens is 3. The lowest BCUT2D eigenvalue weighted by Gasteiger charge is -2.34. The van der Waals surface area contributed by atoms with Crippen LogP contribution in [0.25, 0.3) is 11.1 Å².